The Balaban J connectivity index is 2.50. The lowest BCUT2D eigenvalue weighted by Gasteiger charge is -2.19. The van der Waals surface area contributed by atoms with Gasteiger partial charge in [0, 0.05) is 31.6 Å². The van der Waals surface area contributed by atoms with Gasteiger partial charge in [0.1, 0.15) is 5.69 Å². The standard InChI is InChI=1S/C13H16N2O4/c1-8-3-9(2)13(11(4-8)15(18)19)14-6-10(7-16)5-12(14)17/h3-4,10,16H,5-7H2,1-2H3. The molecule has 1 aliphatic heterocycles. The number of aliphatic hydroxyl groups is 1. The van der Waals surface area contributed by atoms with Crippen LogP contribution in [0.15, 0.2) is 12.1 Å². The predicted molar refractivity (Wildman–Crippen MR) is 70.1 cm³/mol. The molecule has 0 bridgehead atoms. The van der Waals surface area contributed by atoms with E-state index >= 15 is 0 Å². The number of hydrogen-bond acceptors (Lipinski definition) is 4. The van der Waals surface area contributed by atoms with Gasteiger partial charge < -0.3 is 10.0 Å². The number of aryl methyl sites for hydroxylation is 2. The highest BCUT2D eigenvalue weighted by atomic mass is 16.6. The van der Waals surface area contributed by atoms with Crippen LogP contribution < -0.4 is 4.90 Å². The maximum atomic E-state index is 11.9. The van der Waals surface area contributed by atoms with E-state index in [9.17, 15) is 14.9 Å². The molecule has 1 N–H and O–H groups in total. The summed E-state index contributed by atoms with van der Waals surface area (Å²) < 4.78 is 0. The van der Waals surface area contributed by atoms with Crippen LogP contribution in [0.4, 0.5) is 11.4 Å². The lowest BCUT2D eigenvalue weighted by atomic mass is 10.1. The molecule has 1 unspecified atom stereocenters. The number of nitro groups is 1. The van der Waals surface area contributed by atoms with E-state index < -0.39 is 4.92 Å². The second kappa shape index (κ2) is 4.97. The van der Waals surface area contributed by atoms with E-state index in [4.69, 9.17) is 5.11 Å². The molecule has 6 heteroatoms. The number of carbonyl (C=O) groups excluding carboxylic acids is 1. The van der Waals surface area contributed by atoms with Crippen molar-refractivity contribution in [1.29, 1.82) is 0 Å². The molecule has 0 radical (unpaired) electrons. The van der Waals surface area contributed by atoms with E-state index in [-0.39, 0.29) is 30.5 Å². The van der Waals surface area contributed by atoms with Gasteiger partial charge in [0.15, 0.2) is 0 Å². The highest BCUT2D eigenvalue weighted by Crippen LogP contribution is 2.36. The van der Waals surface area contributed by atoms with Crippen LogP contribution in [0.1, 0.15) is 17.5 Å². The molecular formula is C13H16N2O4. The molecule has 0 saturated carbocycles. The minimum absolute atomic E-state index is 0.0514. The van der Waals surface area contributed by atoms with Crippen LogP contribution in [-0.2, 0) is 4.79 Å². The highest BCUT2D eigenvalue weighted by Gasteiger charge is 2.34. The topological polar surface area (TPSA) is 83.7 Å². The van der Waals surface area contributed by atoms with Gasteiger partial charge in [0.2, 0.25) is 5.91 Å². The van der Waals surface area contributed by atoms with Crippen LogP contribution in [0.3, 0.4) is 0 Å². The Morgan fingerprint density at radius 3 is 2.68 bits per heavy atom. The molecule has 1 atom stereocenters. The summed E-state index contributed by atoms with van der Waals surface area (Å²) in [5, 5.41) is 20.3. The van der Waals surface area contributed by atoms with Gasteiger partial charge in [-0.25, -0.2) is 0 Å². The number of nitrogens with zero attached hydrogens (tertiary/aromatic N) is 2. The van der Waals surface area contributed by atoms with Crippen molar-refractivity contribution in [3.8, 4) is 0 Å². The third-order valence-electron chi connectivity index (χ3n) is 3.35. The fourth-order valence-electron chi connectivity index (χ4n) is 2.55. The summed E-state index contributed by atoms with van der Waals surface area (Å²) in [7, 11) is 0. The zero-order valence-electron chi connectivity index (χ0n) is 10.9. The average Bonchev–Trinajstić information content (AvgIpc) is 2.69. The van der Waals surface area contributed by atoms with Crippen molar-refractivity contribution in [3.05, 3.63) is 33.4 Å². The number of hydrogen-bond donors (Lipinski definition) is 1. The van der Waals surface area contributed by atoms with Crippen molar-refractivity contribution in [2.45, 2.75) is 20.3 Å². The van der Waals surface area contributed by atoms with Gasteiger partial charge in [-0.15, -0.1) is 0 Å². The summed E-state index contributed by atoms with van der Waals surface area (Å²) in [5.41, 5.74) is 1.80. The molecule has 1 aromatic rings. The first kappa shape index (κ1) is 13.5. The van der Waals surface area contributed by atoms with Crippen molar-refractivity contribution in [3.63, 3.8) is 0 Å². The van der Waals surface area contributed by atoms with Gasteiger partial charge in [0.25, 0.3) is 5.69 Å². The first-order valence-electron chi connectivity index (χ1n) is 6.11. The molecule has 1 amide bonds. The molecule has 2 rings (SSSR count). The fourth-order valence-corrected chi connectivity index (χ4v) is 2.55. The predicted octanol–water partition coefficient (Wildman–Crippen LogP) is 1.56. The lowest BCUT2D eigenvalue weighted by molar-refractivity contribution is -0.384. The molecule has 1 heterocycles. The number of rotatable bonds is 3. The molecule has 0 spiro atoms. The van der Waals surface area contributed by atoms with Crippen molar-refractivity contribution in [2.24, 2.45) is 5.92 Å². The summed E-state index contributed by atoms with van der Waals surface area (Å²) in [4.78, 5) is 24.1. The summed E-state index contributed by atoms with van der Waals surface area (Å²) in [6, 6.07) is 3.30. The van der Waals surface area contributed by atoms with Gasteiger partial charge in [0.05, 0.1) is 4.92 Å². The summed E-state index contributed by atoms with van der Waals surface area (Å²) in [6.07, 6.45) is 0.237. The van der Waals surface area contributed by atoms with Crippen molar-refractivity contribution >= 4 is 17.3 Å². The van der Waals surface area contributed by atoms with E-state index in [0.717, 1.165) is 5.56 Å². The quantitative estimate of drug-likeness (QED) is 0.663. The van der Waals surface area contributed by atoms with Gasteiger partial charge in [-0.1, -0.05) is 6.07 Å². The second-order valence-corrected chi connectivity index (χ2v) is 4.96. The van der Waals surface area contributed by atoms with E-state index in [1.54, 1.807) is 13.8 Å². The van der Waals surface area contributed by atoms with Crippen LogP contribution in [0.2, 0.25) is 0 Å². The van der Waals surface area contributed by atoms with Crippen molar-refractivity contribution in [2.75, 3.05) is 18.1 Å². The van der Waals surface area contributed by atoms with Crippen molar-refractivity contribution < 1.29 is 14.8 Å². The minimum Gasteiger partial charge on any atom is -0.396 e. The zero-order chi connectivity index (χ0) is 14.2. The minimum atomic E-state index is -0.463. The van der Waals surface area contributed by atoms with Gasteiger partial charge in [-0.3, -0.25) is 14.9 Å². The first-order chi connectivity index (χ1) is 8.93. The number of amides is 1. The molecule has 1 aromatic carbocycles. The van der Waals surface area contributed by atoms with Gasteiger partial charge in [-0.05, 0) is 25.0 Å². The Morgan fingerprint density at radius 2 is 2.16 bits per heavy atom. The largest absolute Gasteiger partial charge is 0.396 e. The molecule has 0 aromatic heterocycles. The number of carbonyl (C=O) groups is 1. The highest BCUT2D eigenvalue weighted by molar-refractivity contribution is 5.98. The monoisotopic (exact) mass is 264 g/mol. The second-order valence-electron chi connectivity index (χ2n) is 4.96. The van der Waals surface area contributed by atoms with Crippen molar-refractivity contribution in [1.82, 2.24) is 0 Å². The molecule has 1 aliphatic rings. The maximum absolute atomic E-state index is 11.9. The van der Waals surface area contributed by atoms with Crippen LogP contribution in [-0.4, -0.2) is 29.1 Å². The number of aliphatic hydroxyl groups excluding tert-OH is 1. The first-order valence-corrected chi connectivity index (χ1v) is 6.11. The zero-order valence-corrected chi connectivity index (χ0v) is 10.9. The Kier molecular flexibility index (Phi) is 3.53. The Hall–Kier alpha value is -1.95. The molecule has 1 saturated heterocycles. The number of nitro benzene ring substituents is 1. The maximum Gasteiger partial charge on any atom is 0.293 e. The van der Waals surface area contributed by atoms with Gasteiger partial charge in [-0.2, -0.15) is 0 Å². The molecule has 6 nitrogen and oxygen atoms in total. The fraction of sp³-hybridized carbons (Fsp3) is 0.462. The summed E-state index contributed by atoms with van der Waals surface area (Å²) >= 11 is 0. The third kappa shape index (κ3) is 2.44. The number of benzene rings is 1. The Labute approximate surface area is 110 Å². The normalized spacial score (nSPS) is 19.0. The van der Waals surface area contributed by atoms with Crippen LogP contribution >= 0.6 is 0 Å². The lowest BCUT2D eigenvalue weighted by Crippen LogP contribution is -2.26. The smallest absolute Gasteiger partial charge is 0.293 e. The van der Waals surface area contributed by atoms with E-state index in [1.807, 2.05) is 6.07 Å². The van der Waals surface area contributed by atoms with Crippen LogP contribution in [0, 0.1) is 29.9 Å². The average molecular weight is 264 g/mol. The molecule has 1 fully saturated rings. The molecular weight excluding hydrogens is 248 g/mol. The SMILES string of the molecule is Cc1cc(C)c(N2CC(CO)CC2=O)c([N+](=O)[O-])c1. The summed E-state index contributed by atoms with van der Waals surface area (Å²) in [5.74, 6) is -0.318. The van der Waals surface area contributed by atoms with Crippen LogP contribution in [0.25, 0.3) is 0 Å². The molecule has 0 aliphatic carbocycles. The number of anilines is 1. The third-order valence-corrected chi connectivity index (χ3v) is 3.35. The van der Waals surface area contributed by atoms with E-state index in [0.29, 0.717) is 17.8 Å². The van der Waals surface area contributed by atoms with Gasteiger partial charge >= 0.3 is 0 Å². The Bertz CT molecular complexity index is 542. The van der Waals surface area contributed by atoms with E-state index in [1.165, 1.54) is 11.0 Å². The molecule has 19 heavy (non-hydrogen) atoms. The molecule has 102 valence electrons. The van der Waals surface area contributed by atoms with E-state index in [2.05, 4.69) is 0 Å². The Morgan fingerprint density at radius 1 is 1.47 bits per heavy atom. The summed E-state index contributed by atoms with van der Waals surface area (Å²) in [6.45, 7) is 3.79. The van der Waals surface area contributed by atoms with Crippen LogP contribution in [0.5, 0.6) is 0 Å².